The van der Waals surface area contributed by atoms with Crippen molar-refractivity contribution in [2.24, 2.45) is 0 Å². The SMILES string of the molecule is COc1cc(C=C2C(=O)NC(=O)NC2=O)cc(Cl)c1OCCOc1ccc(Cl)c(C)c1. The van der Waals surface area contributed by atoms with Gasteiger partial charge in [-0.2, -0.15) is 0 Å². The molecule has 0 atom stereocenters. The Labute approximate surface area is 188 Å². The van der Waals surface area contributed by atoms with Crippen LogP contribution in [-0.2, 0) is 9.59 Å². The van der Waals surface area contributed by atoms with Gasteiger partial charge in [0.1, 0.15) is 24.5 Å². The molecule has 4 amide bonds. The molecule has 162 valence electrons. The molecule has 0 radical (unpaired) electrons. The highest BCUT2D eigenvalue weighted by Crippen LogP contribution is 2.37. The maximum atomic E-state index is 11.9. The molecule has 1 heterocycles. The number of nitrogens with one attached hydrogen (secondary N) is 2. The first-order valence-corrected chi connectivity index (χ1v) is 9.81. The van der Waals surface area contributed by atoms with E-state index in [1.165, 1.54) is 19.3 Å². The number of barbiturate groups is 1. The molecule has 0 aromatic heterocycles. The summed E-state index contributed by atoms with van der Waals surface area (Å²) in [6.45, 7) is 2.32. The Balaban J connectivity index is 1.70. The summed E-state index contributed by atoms with van der Waals surface area (Å²) in [5.41, 5.74) is 1.08. The van der Waals surface area contributed by atoms with Crippen LogP contribution in [-0.4, -0.2) is 38.2 Å². The van der Waals surface area contributed by atoms with E-state index in [9.17, 15) is 14.4 Å². The summed E-state index contributed by atoms with van der Waals surface area (Å²) >= 11 is 12.3. The van der Waals surface area contributed by atoms with Gasteiger partial charge in [-0.05, 0) is 54.5 Å². The van der Waals surface area contributed by atoms with Crippen molar-refractivity contribution in [1.29, 1.82) is 0 Å². The summed E-state index contributed by atoms with van der Waals surface area (Å²) in [4.78, 5) is 34.9. The van der Waals surface area contributed by atoms with Crippen molar-refractivity contribution in [1.82, 2.24) is 10.6 Å². The second kappa shape index (κ2) is 9.72. The third-order valence-corrected chi connectivity index (χ3v) is 4.94. The second-order valence-electron chi connectivity index (χ2n) is 6.44. The Morgan fingerprint density at radius 1 is 0.935 bits per heavy atom. The lowest BCUT2D eigenvalue weighted by molar-refractivity contribution is -0.123. The van der Waals surface area contributed by atoms with Gasteiger partial charge in [-0.1, -0.05) is 23.2 Å². The Kier molecular flexibility index (Phi) is 7.04. The van der Waals surface area contributed by atoms with Crippen molar-refractivity contribution in [3.8, 4) is 17.2 Å². The smallest absolute Gasteiger partial charge is 0.328 e. The zero-order valence-electron chi connectivity index (χ0n) is 16.6. The molecule has 8 nitrogen and oxygen atoms in total. The fourth-order valence-corrected chi connectivity index (χ4v) is 3.14. The van der Waals surface area contributed by atoms with Crippen molar-refractivity contribution in [3.63, 3.8) is 0 Å². The molecule has 2 N–H and O–H groups in total. The fourth-order valence-electron chi connectivity index (χ4n) is 2.75. The molecule has 1 aliphatic heterocycles. The monoisotopic (exact) mass is 464 g/mol. The summed E-state index contributed by atoms with van der Waals surface area (Å²) in [6, 6.07) is 7.52. The maximum Gasteiger partial charge on any atom is 0.328 e. The minimum absolute atomic E-state index is 0.186. The van der Waals surface area contributed by atoms with Gasteiger partial charge >= 0.3 is 6.03 Å². The van der Waals surface area contributed by atoms with Crippen LogP contribution in [0.2, 0.25) is 10.0 Å². The van der Waals surface area contributed by atoms with Gasteiger partial charge in [0.15, 0.2) is 11.5 Å². The number of ether oxygens (including phenoxy) is 3. The van der Waals surface area contributed by atoms with Crippen molar-refractivity contribution < 1.29 is 28.6 Å². The molecule has 1 fully saturated rings. The van der Waals surface area contributed by atoms with E-state index in [1.807, 2.05) is 23.6 Å². The van der Waals surface area contributed by atoms with Gasteiger partial charge in [0.2, 0.25) is 0 Å². The van der Waals surface area contributed by atoms with E-state index >= 15 is 0 Å². The molecule has 0 unspecified atom stereocenters. The van der Waals surface area contributed by atoms with Crippen LogP contribution >= 0.6 is 23.2 Å². The van der Waals surface area contributed by atoms with Gasteiger partial charge in [-0.25, -0.2) is 4.79 Å². The number of benzene rings is 2. The van der Waals surface area contributed by atoms with Gasteiger partial charge in [0.25, 0.3) is 11.8 Å². The molecule has 0 saturated carbocycles. The van der Waals surface area contributed by atoms with Crippen molar-refractivity contribution in [2.45, 2.75) is 6.92 Å². The minimum Gasteiger partial charge on any atom is -0.493 e. The van der Waals surface area contributed by atoms with E-state index in [0.29, 0.717) is 22.1 Å². The number of amides is 4. The largest absolute Gasteiger partial charge is 0.493 e. The lowest BCUT2D eigenvalue weighted by Crippen LogP contribution is -2.51. The predicted molar refractivity (Wildman–Crippen MR) is 115 cm³/mol. The van der Waals surface area contributed by atoms with E-state index in [0.717, 1.165) is 5.56 Å². The average molecular weight is 465 g/mol. The van der Waals surface area contributed by atoms with E-state index in [2.05, 4.69) is 0 Å². The highest BCUT2D eigenvalue weighted by Gasteiger charge is 2.28. The number of aryl methyl sites for hydroxylation is 1. The fraction of sp³-hybridized carbons (Fsp3) is 0.190. The summed E-state index contributed by atoms with van der Waals surface area (Å²) in [5.74, 6) is -0.366. The summed E-state index contributed by atoms with van der Waals surface area (Å²) in [5, 5.41) is 4.87. The number of carbonyl (C=O) groups excluding carboxylic acids is 3. The predicted octanol–water partition coefficient (Wildman–Crippen LogP) is 3.52. The van der Waals surface area contributed by atoms with Crippen molar-refractivity contribution >= 4 is 47.1 Å². The summed E-state index contributed by atoms with van der Waals surface area (Å²) in [7, 11) is 1.43. The number of carbonyl (C=O) groups is 3. The van der Waals surface area contributed by atoms with E-state index in [1.54, 1.807) is 18.2 Å². The molecule has 0 aliphatic carbocycles. The second-order valence-corrected chi connectivity index (χ2v) is 7.25. The van der Waals surface area contributed by atoms with Crippen LogP contribution in [0.1, 0.15) is 11.1 Å². The number of urea groups is 1. The van der Waals surface area contributed by atoms with Crippen LogP contribution in [0.4, 0.5) is 4.79 Å². The van der Waals surface area contributed by atoms with Gasteiger partial charge in [-0.15, -0.1) is 0 Å². The maximum absolute atomic E-state index is 11.9. The van der Waals surface area contributed by atoms with Gasteiger partial charge < -0.3 is 14.2 Å². The van der Waals surface area contributed by atoms with Gasteiger partial charge in [-0.3, -0.25) is 20.2 Å². The van der Waals surface area contributed by atoms with E-state index in [-0.39, 0.29) is 29.6 Å². The number of methoxy groups -OCH3 is 1. The first kappa shape index (κ1) is 22.5. The third-order valence-electron chi connectivity index (χ3n) is 4.23. The third kappa shape index (κ3) is 5.48. The summed E-state index contributed by atoms with van der Waals surface area (Å²) in [6.07, 6.45) is 1.29. The first-order valence-electron chi connectivity index (χ1n) is 9.06. The Morgan fingerprint density at radius 3 is 2.26 bits per heavy atom. The molecular formula is C21H18Cl2N2O6. The lowest BCUT2D eigenvalue weighted by atomic mass is 10.1. The molecule has 2 aromatic rings. The summed E-state index contributed by atoms with van der Waals surface area (Å²) < 4.78 is 16.7. The van der Waals surface area contributed by atoms with Gasteiger partial charge in [0, 0.05) is 5.02 Å². The molecule has 3 rings (SSSR count). The molecule has 0 bridgehead atoms. The Morgan fingerprint density at radius 2 is 1.61 bits per heavy atom. The number of hydrogen-bond donors (Lipinski definition) is 2. The molecular weight excluding hydrogens is 447 g/mol. The molecule has 31 heavy (non-hydrogen) atoms. The van der Waals surface area contributed by atoms with Crippen LogP contribution in [0.25, 0.3) is 6.08 Å². The number of imide groups is 2. The zero-order chi connectivity index (χ0) is 22.5. The standard InChI is InChI=1S/C21H18Cl2N2O6/c1-11-7-13(3-4-15(11)22)30-5-6-31-18-16(23)9-12(10-17(18)29-2)8-14-19(26)24-21(28)25-20(14)27/h3-4,7-10H,5-6H2,1-2H3,(H2,24,25,26,27,28). The normalized spacial score (nSPS) is 13.4. The molecule has 0 spiro atoms. The van der Waals surface area contributed by atoms with Gasteiger partial charge in [0.05, 0.1) is 12.1 Å². The highest BCUT2D eigenvalue weighted by atomic mass is 35.5. The number of hydrogen-bond acceptors (Lipinski definition) is 6. The number of rotatable bonds is 7. The van der Waals surface area contributed by atoms with Crippen LogP contribution in [0.15, 0.2) is 35.9 Å². The average Bonchev–Trinajstić information content (AvgIpc) is 2.71. The molecule has 2 aromatic carbocycles. The quantitative estimate of drug-likeness (QED) is 0.369. The van der Waals surface area contributed by atoms with Crippen LogP contribution in [0, 0.1) is 6.92 Å². The first-order chi connectivity index (χ1) is 14.8. The molecule has 1 saturated heterocycles. The Bertz CT molecular complexity index is 1060. The molecule has 1 aliphatic rings. The van der Waals surface area contributed by atoms with Crippen molar-refractivity contribution in [2.75, 3.05) is 20.3 Å². The van der Waals surface area contributed by atoms with Crippen LogP contribution in [0.5, 0.6) is 17.2 Å². The van der Waals surface area contributed by atoms with Crippen LogP contribution < -0.4 is 24.8 Å². The zero-order valence-corrected chi connectivity index (χ0v) is 18.1. The number of halogens is 2. The topological polar surface area (TPSA) is 103 Å². The van der Waals surface area contributed by atoms with Crippen LogP contribution in [0.3, 0.4) is 0 Å². The van der Waals surface area contributed by atoms with E-state index < -0.39 is 17.8 Å². The lowest BCUT2D eigenvalue weighted by Gasteiger charge is -2.16. The van der Waals surface area contributed by atoms with E-state index in [4.69, 9.17) is 37.4 Å². The minimum atomic E-state index is -0.873. The molecule has 10 heteroatoms. The highest BCUT2D eigenvalue weighted by molar-refractivity contribution is 6.33. The Hall–Kier alpha value is -3.23. The van der Waals surface area contributed by atoms with Crippen molar-refractivity contribution in [3.05, 3.63) is 57.1 Å².